The van der Waals surface area contributed by atoms with Gasteiger partial charge in [-0.05, 0) is 141 Å². The van der Waals surface area contributed by atoms with Crippen molar-refractivity contribution in [1.29, 1.82) is 0 Å². The third kappa shape index (κ3) is 78.1. The maximum absolute atomic E-state index is 12.9. The summed E-state index contributed by atoms with van der Waals surface area (Å²) in [4.78, 5) is 58.6. The number of phosphoric acid groups is 2. The van der Waals surface area contributed by atoms with Gasteiger partial charge in [0, 0.05) is 19.3 Å². The molecule has 0 rings (SSSR count). The molecule has 0 aromatic heterocycles. The minimum atomic E-state index is -4.94. The highest BCUT2D eigenvalue weighted by atomic mass is 31.2. The van der Waals surface area contributed by atoms with E-state index < -0.39 is 91.5 Å². The van der Waals surface area contributed by atoms with Gasteiger partial charge in [-0.15, -0.1) is 0 Å². The van der Waals surface area contributed by atoms with Crippen molar-refractivity contribution in [3.8, 4) is 0 Å². The SMILES string of the molecule is CC/C=C\C/C=C\C/C=C\C/C=C\C/C=C\C/C=C\CCCCCCCCC(=O)OCC(COP(=O)(O)OCC(O)COP(=O)(O)OCC(O)COC(=O)CCCCCCCCCCCCCCC/C=C\C/C=C\C/C=C\C/C=C\C/C=C\CC)OC(=O)CCCCCCC/C=C\C/C=C\CCC. The molecular formula is C85H142O16P2. The summed E-state index contributed by atoms with van der Waals surface area (Å²) < 4.78 is 61.1. The number of carbonyl (C=O) groups excluding carboxylic acids is 3. The van der Waals surface area contributed by atoms with E-state index in [1.54, 1.807) is 0 Å². The van der Waals surface area contributed by atoms with Crippen molar-refractivity contribution >= 4 is 33.6 Å². The molecule has 5 atom stereocenters. The van der Waals surface area contributed by atoms with E-state index in [0.29, 0.717) is 19.3 Å². The van der Waals surface area contributed by atoms with Crippen LogP contribution in [0.2, 0.25) is 0 Å². The standard InChI is InChI=1S/C85H142O16P2/c1-4-7-10-13-16-19-22-25-27-29-31-33-35-37-38-39-40-42-44-45-47-49-51-54-56-59-62-65-68-71-83(88)95-74-80(86)75-97-102(91,92)98-76-81(87)77-99-103(93,94)100-79-82(101-85(90)73-70-67-64-61-58-53-24-21-18-15-12-9-6-3)78-96-84(89)72-69-66-63-60-57-55-52-50-48-46-43-41-36-34-32-30-28-26-23-20-17-14-11-8-5-2/h7-8,10-12,15-17,19-21,24-28,31-34,37-38,41,43,48,50,80-82,86-87H,4-6,9,13-14,18,22-23,29-30,35-36,39-40,42,44-47,49,51-79H2,1-3H3,(H,91,92)(H,93,94)/b10-7-,11-8-,15-12-,19-16-,20-17-,24-21-,27-25-,28-26-,33-31-,34-32-,38-37-,43-41-,50-48-. The Morgan fingerprint density at radius 1 is 0.282 bits per heavy atom. The van der Waals surface area contributed by atoms with Crippen LogP contribution < -0.4 is 0 Å². The number of rotatable bonds is 74. The van der Waals surface area contributed by atoms with E-state index in [2.05, 4.69) is 179 Å². The second-order valence-corrected chi connectivity index (χ2v) is 29.0. The molecule has 0 bridgehead atoms. The maximum Gasteiger partial charge on any atom is 0.472 e. The normalized spacial score (nSPS) is 14.8. The molecule has 4 N–H and O–H groups in total. The van der Waals surface area contributed by atoms with Crippen LogP contribution in [0.1, 0.15) is 303 Å². The smallest absolute Gasteiger partial charge is 0.463 e. The van der Waals surface area contributed by atoms with Gasteiger partial charge in [0.25, 0.3) is 0 Å². The average Bonchev–Trinajstić information content (AvgIpc) is 1.11. The quantitative estimate of drug-likeness (QED) is 0.0146. The number of carbonyl (C=O) groups is 3. The lowest BCUT2D eigenvalue weighted by molar-refractivity contribution is -0.161. The van der Waals surface area contributed by atoms with Gasteiger partial charge in [0.2, 0.25) is 0 Å². The fraction of sp³-hybridized carbons (Fsp3) is 0.659. The van der Waals surface area contributed by atoms with Gasteiger partial charge in [-0.1, -0.05) is 301 Å². The predicted octanol–water partition coefficient (Wildman–Crippen LogP) is 23.4. The zero-order valence-electron chi connectivity index (χ0n) is 64.2. The summed E-state index contributed by atoms with van der Waals surface area (Å²) >= 11 is 0. The Bertz CT molecular complexity index is 2500. The Morgan fingerprint density at radius 2 is 0.515 bits per heavy atom. The van der Waals surface area contributed by atoms with E-state index in [4.69, 9.17) is 32.3 Å². The topological polar surface area (TPSA) is 231 Å². The highest BCUT2D eigenvalue weighted by Gasteiger charge is 2.29. The maximum atomic E-state index is 12.9. The highest BCUT2D eigenvalue weighted by molar-refractivity contribution is 7.47. The fourth-order valence-electron chi connectivity index (χ4n) is 10.2. The molecule has 0 aliphatic heterocycles. The second kappa shape index (κ2) is 76.8. The molecule has 0 aliphatic rings. The van der Waals surface area contributed by atoms with Crippen LogP contribution in [0.3, 0.4) is 0 Å². The van der Waals surface area contributed by atoms with Crippen LogP contribution in [0.5, 0.6) is 0 Å². The number of aliphatic hydroxyl groups is 2. The van der Waals surface area contributed by atoms with Gasteiger partial charge in [-0.3, -0.25) is 32.5 Å². The summed E-state index contributed by atoms with van der Waals surface area (Å²) in [7, 11) is -9.80. The molecule has 0 heterocycles. The molecule has 0 saturated carbocycles. The molecule has 5 unspecified atom stereocenters. The number of aliphatic hydroxyl groups excluding tert-OH is 2. The van der Waals surface area contributed by atoms with Crippen molar-refractivity contribution in [3.63, 3.8) is 0 Å². The van der Waals surface area contributed by atoms with Gasteiger partial charge < -0.3 is 34.2 Å². The molecule has 16 nitrogen and oxygen atoms in total. The first-order valence-corrected chi connectivity index (χ1v) is 42.8. The lowest BCUT2D eigenvalue weighted by Gasteiger charge is -2.21. The van der Waals surface area contributed by atoms with E-state index in [-0.39, 0.29) is 19.3 Å². The third-order valence-corrected chi connectivity index (χ3v) is 18.1. The fourth-order valence-corrected chi connectivity index (χ4v) is 11.8. The number of hydrogen-bond donors (Lipinski definition) is 4. The Labute approximate surface area is 625 Å². The number of hydrogen-bond acceptors (Lipinski definition) is 14. The van der Waals surface area contributed by atoms with Crippen LogP contribution in [0, 0.1) is 0 Å². The Kier molecular flexibility index (Phi) is 73.2. The lowest BCUT2D eigenvalue weighted by Crippen LogP contribution is -2.30. The number of ether oxygens (including phenoxy) is 3. The molecule has 0 fully saturated rings. The molecular weight excluding hydrogens is 1340 g/mol. The van der Waals surface area contributed by atoms with Crippen LogP contribution in [-0.2, 0) is 55.8 Å². The van der Waals surface area contributed by atoms with Crippen molar-refractivity contribution in [3.05, 3.63) is 158 Å². The van der Waals surface area contributed by atoms with E-state index in [1.807, 2.05) is 0 Å². The molecule has 0 aromatic rings. The zero-order valence-corrected chi connectivity index (χ0v) is 66.0. The number of allylic oxidation sites excluding steroid dienone is 26. The minimum Gasteiger partial charge on any atom is -0.463 e. The van der Waals surface area contributed by atoms with Gasteiger partial charge in [0.1, 0.15) is 25.4 Å². The van der Waals surface area contributed by atoms with E-state index in [9.17, 15) is 43.5 Å². The molecule has 0 amide bonds. The molecule has 0 radical (unpaired) electrons. The average molecular weight is 1480 g/mol. The number of phosphoric ester groups is 2. The van der Waals surface area contributed by atoms with Crippen molar-refractivity contribution in [2.24, 2.45) is 0 Å². The van der Waals surface area contributed by atoms with Crippen molar-refractivity contribution in [2.75, 3.05) is 39.6 Å². The molecule has 0 saturated heterocycles. The summed E-state index contributed by atoms with van der Waals surface area (Å²) in [6.07, 6.45) is 95.8. The van der Waals surface area contributed by atoms with E-state index in [0.717, 1.165) is 186 Å². The largest absolute Gasteiger partial charge is 0.472 e. The summed E-state index contributed by atoms with van der Waals surface area (Å²) in [5, 5.41) is 20.6. The van der Waals surface area contributed by atoms with Gasteiger partial charge in [0.05, 0.1) is 26.4 Å². The first-order chi connectivity index (χ1) is 50.2. The summed E-state index contributed by atoms with van der Waals surface area (Å²) in [6, 6.07) is 0. The molecule has 0 spiro atoms. The molecule has 0 aliphatic carbocycles. The zero-order chi connectivity index (χ0) is 75.2. The summed E-state index contributed by atoms with van der Waals surface area (Å²) in [5.41, 5.74) is 0. The van der Waals surface area contributed by atoms with Crippen molar-refractivity contribution in [1.82, 2.24) is 0 Å². The van der Waals surface area contributed by atoms with Crippen LogP contribution >= 0.6 is 15.6 Å². The van der Waals surface area contributed by atoms with E-state index in [1.165, 1.54) is 57.8 Å². The van der Waals surface area contributed by atoms with Gasteiger partial charge in [-0.25, -0.2) is 9.13 Å². The molecule has 18 heteroatoms. The predicted molar refractivity (Wildman–Crippen MR) is 426 cm³/mol. The van der Waals surface area contributed by atoms with Gasteiger partial charge in [-0.2, -0.15) is 0 Å². The first-order valence-electron chi connectivity index (χ1n) is 39.8. The second-order valence-electron chi connectivity index (χ2n) is 26.1. The molecule has 103 heavy (non-hydrogen) atoms. The van der Waals surface area contributed by atoms with Crippen molar-refractivity contribution in [2.45, 2.75) is 322 Å². The Morgan fingerprint density at radius 3 is 0.816 bits per heavy atom. The monoisotopic (exact) mass is 1480 g/mol. The Hall–Kier alpha value is -4.83. The van der Waals surface area contributed by atoms with Crippen LogP contribution in [-0.4, -0.2) is 95.9 Å². The molecule has 588 valence electrons. The number of esters is 3. The van der Waals surface area contributed by atoms with Gasteiger partial charge in [0.15, 0.2) is 6.10 Å². The third-order valence-electron chi connectivity index (χ3n) is 16.2. The molecule has 0 aromatic carbocycles. The minimum absolute atomic E-state index is 0.0803. The Balaban J connectivity index is 4.53. The number of unbranched alkanes of at least 4 members (excludes halogenated alkanes) is 25. The van der Waals surface area contributed by atoms with E-state index >= 15 is 0 Å². The van der Waals surface area contributed by atoms with Crippen LogP contribution in [0.4, 0.5) is 0 Å². The lowest BCUT2D eigenvalue weighted by atomic mass is 10.0. The summed E-state index contributed by atoms with van der Waals surface area (Å²) in [5.74, 6) is -1.61. The van der Waals surface area contributed by atoms with Crippen LogP contribution in [0.15, 0.2) is 158 Å². The summed E-state index contributed by atoms with van der Waals surface area (Å²) in [6.45, 7) is 2.35. The highest BCUT2D eigenvalue weighted by Crippen LogP contribution is 2.45. The first kappa shape index (κ1) is 98.2. The van der Waals surface area contributed by atoms with Crippen molar-refractivity contribution < 1.29 is 75.8 Å². The van der Waals surface area contributed by atoms with Gasteiger partial charge >= 0.3 is 33.6 Å². The van der Waals surface area contributed by atoms with Crippen LogP contribution in [0.25, 0.3) is 0 Å².